The van der Waals surface area contributed by atoms with E-state index in [0.29, 0.717) is 5.41 Å². The van der Waals surface area contributed by atoms with Gasteiger partial charge in [0.25, 0.3) is 0 Å². The van der Waals surface area contributed by atoms with Crippen LogP contribution in [0.4, 0.5) is 0 Å². The summed E-state index contributed by atoms with van der Waals surface area (Å²) in [5, 5.41) is 3.36. The van der Waals surface area contributed by atoms with Gasteiger partial charge < -0.3 is 5.32 Å². The molecular weight excluding hydrogens is 134 g/mol. The second kappa shape index (κ2) is 2.48. The third-order valence-corrected chi connectivity index (χ3v) is 4.01. The summed E-state index contributed by atoms with van der Waals surface area (Å²) in [6, 6.07) is 0. The van der Waals surface area contributed by atoms with E-state index in [4.69, 9.17) is 0 Å². The van der Waals surface area contributed by atoms with Crippen LogP contribution in [-0.2, 0) is 0 Å². The molecule has 1 N–H and O–H groups in total. The van der Waals surface area contributed by atoms with E-state index in [1.54, 1.807) is 0 Å². The summed E-state index contributed by atoms with van der Waals surface area (Å²) in [6.45, 7) is 3.70. The van der Waals surface area contributed by atoms with Crippen molar-refractivity contribution in [2.75, 3.05) is 13.6 Å². The lowest BCUT2D eigenvalue weighted by Gasteiger charge is -2.32. The standard InChI is InChI=1S/C10H19N/c1-8-5-9-3-4-10(8,6-9)7-11-2/h8-9,11H,3-7H2,1-2H3. The minimum atomic E-state index is 0.708. The van der Waals surface area contributed by atoms with Crippen molar-refractivity contribution in [3.05, 3.63) is 0 Å². The third kappa shape index (κ3) is 1.01. The van der Waals surface area contributed by atoms with Gasteiger partial charge in [-0.1, -0.05) is 6.92 Å². The molecule has 2 aliphatic rings. The van der Waals surface area contributed by atoms with Crippen LogP contribution in [0.15, 0.2) is 0 Å². The van der Waals surface area contributed by atoms with Gasteiger partial charge in [-0.25, -0.2) is 0 Å². The first-order valence-electron chi connectivity index (χ1n) is 4.91. The average Bonchev–Trinajstić information content (AvgIpc) is 2.45. The van der Waals surface area contributed by atoms with E-state index in [2.05, 4.69) is 19.3 Å². The minimum absolute atomic E-state index is 0.708. The van der Waals surface area contributed by atoms with Crippen molar-refractivity contribution in [3.63, 3.8) is 0 Å². The molecule has 0 aliphatic heterocycles. The lowest BCUT2D eigenvalue weighted by Crippen LogP contribution is -2.33. The molecule has 2 bridgehead atoms. The second-order valence-corrected chi connectivity index (χ2v) is 4.64. The Morgan fingerprint density at radius 1 is 1.55 bits per heavy atom. The van der Waals surface area contributed by atoms with Gasteiger partial charge >= 0.3 is 0 Å². The molecule has 1 heteroatoms. The molecule has 64 valence electrons. The highest BCUT2D eigenvalue weighted by Gasteiger charge is 2.48. The quantitative estimate of drug-likeness (QED) is 0.640. The Balaban J connectivity index is 2.10. The lowest BCUT2D eigenvalue weighted by atomic mass is 9.76. The molecule has 0 radical (unpaired) electrons. The molecule has 0 aromatic carbocycles. The molecule has 3 unspecified atom stereocenters. The number of hydrogen-bond acceptors (Lipinski definition) is 1. The highest BCUT2D eigenvalue weighted by Crippen LogP contribution is 2.56. The highest BCUT2D eigenvalue weighted by molar-refractivity contribution is 5.00. The van der Waals surface area contributed by atoms with Gasteiger partial charge in [0.2, 0.25) is 0 Å². The Hall–Kier alpha value is -0.0400. The highest BCUT2D eigenvalue weighted by atomic mass is 14.8. The summed E-state index contributed by atoms with van der Waals surface area (Å²) < 4.78 is 0. The number of fused-ring (bicyclic) bond motifs is 2. The summed E-state index contributed by atoms with van der Waals surface area (Å²) in [5.41, 5.74) is 0.708. The fourth-order valence-corrected chi connectivity index (χ4v) is 3.36. The van der Waals surface area contributed by atoms with Crippen LogP contribution in [0.1, 0.15) is 32.6 Å². The van der Waals surface area contributed by atoms with Gasteiger partial charge in [0.15, 0.2) is 0 Å². The number of hydrogen-bond donors (Lipinski definition) is 1. The smallest absolute Gasteiger partial charge is 0.000746 e. The summed E-state index contributed by atoms with van der Waals surface area (Å²) >= 11 is 0. The first-order valence-corrected chi connectivity index (χ1v) is 4.91. The number of rotatable bonds is 2. The largest absolute Gasteiger partial charge is 0.319 e. The minimum Gasteiger partial charge on any atom is -0.319 e. The van der Waals surface area contributed by atoms with E-state index in [1.807, 2.05) is 0 Å². The molecule has 11 heavy (non-hydrogen) atoms. The van der Waals surface area contributed by atoms with E-state index in [1.165, 1.54) is 32.2 Å². The fourth-order valence-electron chi connectivity index (χ4n) is 3.36. The molecule has 0 aromatic rings. The second-order valence-electron chi connectivity index (χ2n) is 4.64. The van der Waals surface area contributed by atoms with Gasteiger partial charge in [-0.3, -0.25) is 0 Å². The maximum absolute atomic E-state index is 3.36. The van der Waals surface area contributed by atoms with Crippen molar-refractivity contribution in [1.29, 1.82) is 0 Å². The molecule has 1 nitrogen and oxygen atoms in total. The Labute approximate surface area is 69.6 Å². The molecule has 0 spiro atoms. The topological polar surface area (TPSA) is 12.0 Å². The Bertz CT molecular complexity index is 155. The van der Waals surface area contributed by atoms with Crippen LogP contribution in [0, 0.1) is 17.3 Å². The average molecular weight is 153 g/mol. The van der Waals surface area contributed by atoms with Crippen LogP contribution in [0.3, 0.4) is 0 Å². The Morgan fingerprint density at radius 3 is 2.82 bits per heavy atom. The first-order chi connectivity index (χ1) is 5.27. The summed E-state index contributed by atoms with van der Waals surface area (Å²) in [4.78, 5) is 0. The SMILES string of the molecule is CNCC12CCC(CC1C)C2. The first kappa shape index (κ1) is 7.60. The van der Waals surface area contributed by atoms with Crippen molar-refractivity contribution < 1.29 is 0 Å². The molecule has 0 heterocycles. The zero-order chi connectivity index (χ0) is 7.90. The van der Waals surface area contributed by atoms with Crippen LogP contribution in [0.5, 0.6) is 0 Å². The van der Waals surface area contributed by atoms with E-state index < -0.39 is 0 Å². The van der Waals surface area contributed by atoms with Crippen LogP contribution in [0.25, 0.3) is 0 Å². The molecule has 2 fully saturated rings. The van der Waals surface area contributed by atoms with Crippen LogP contribution in [-0.4, -0.2) is 13.6 Å². The predicted octanol–water partition coefficient (Wildman–Crippen LogP) is 2.03. The summed E-state index contributed by atoms with van der Waals surface area (Å²) in [5.74, 6) is 2.06. The van der Waals surface area contributed by atoms with Gasteiger partial charge in [0.1, 0.15) is 0 Å². The van der Waals surface area contributed by atoms with Gasteiger partial charge in [-0.05, 0) is 50.0 Å². The summed E-state index contributed by atoms with van der Waals surface area (Å²) in [7, 11) is 2.09. The normalized spacial score (nSPS) is 48.5. The lowest BCUT2D eigenvalue weighted by molar-refractivity contribution is 0.198. The molecule has 0 saturated heterocycles. The van der Waals surface area contributed by atoms with Crippen LogP contribution < -0.4 is 5.32 Å². The predicted molar refractivity (Wildman–Crippen MR) is 47.5 cm³/mol. The van der Waals surface area contributed by atoms with Gasteiger partial charge in [-0.15, -0.1) is 0 Å². The van der Waals surface area contributed by atoms with E-state index in [0.717, 1.165) is 11.8 Å². The summed E-state index contributed by atoms with van der Waals surface area (Å²) in [6.07, 6.45) is 6.00. The van der Waals surface area contributed by atoms with Crippen LogP contribution >= 0.6 is 0 Å². The van der Waals surface area contributed by atoms with Gasteiger partial charge in [0.05, 0.1) is 0 Å². The van der Waals surface area contributed by atoms with E-state index in [9.17, 15) is 0 Å². The molecule has 0 aromatic heterocycles. The third-order valence-electron chi connectivity index (χ3n) is 4.01. The molecule has 2 rings (SSSR count). The maximum atomic E-state index is 3.36. The maximum Gasteiger partial charge on any atom is 0.000746 e. The molecule has 2 saturated carbocycles. The van der Waals surface area contributed by atoms with Gasteiger partial charge in [0, 0.05) is 6.54 Å². The van der Waals surface area contributed by atoms with Crippen molar-refractivity contribution in [3.8, 4) is 0 Å². The Kier molecular flexibility index (Phi) is 1.71. The monoisotopic (exact) mass is 153 g/mol. The Morgan fingerprint density at radius 2 is 2.36 bits per heavy atom. The number of nitrogens with one attached hydrogen (secondary N) is 1. The van der Waals surface area contributed by atoms with Crippen molar-refractivity contribution in [2.24, 2.45) is 17.3 Å². The molecule has 0 amide bonds. The molecule has 3 atom stereocenters. The van der Waals surface area contributed by atoms with Crippen LogP contribution in [0.2, 0.25) is 0 Å². The zero-order valence-electron chi connectivity index (χ0n) is 7.69. The van der Waals surface area contributed by atoms with Gasteiger partial charge in [-0.2, -0.15) is 0 Å². The fraction of sp³-hybridized carbons (Fsp3) is 1.00. The molecule has 2 aliphatic carbocycles. The van der Waals surface area contributed by atoms with E-state index in [-0.39, 0.29) is 0 Å². The van der Waals surface area contributed by atoms with Crippen molar-refractivity contribution in [2.45, 2.75) is 32.6 Å². The van der Waals surface area contributed by atoms with Crippen molar-refractivity contribution in [1.82, 2.24) is 5.32 Å². The van der Waals surface area contributed by atoms with E-state index >= 15 is 0 Å². The van der Waals surface area contributed by atoms with Crippen molar-refractivity contribution >= 4 is 0 Å². The molecular formula is C10H19N. The zero-order valence-corrected chi connectivity index (χ0v) is 7.69.